The molecule has 3 rings (SSSR count). The highest BCUT2D eigenvalue weighted by Crippen LogP contribution is 2.47. The first-order chi connectivity index (χ1) is 10.7. The number of benzene rings is 1. The molecule has 2 fully saturated rings. The molecule has 1 aromatic rings. The summed E-state index contributed by atoms with van der Waals surface area (Å²) in [5.41, 5.74) is 1.59. The van der Waals surface area contributed by atoms with Crippen LogP contribution >= 0.6 is 0 Å². The number of likely N-dealkylation sites (tertiary alicyclic amines) is 1. The fraction of sp³-hybridized carbons (Fsp3) is 0.632. The Morgan fingerprint density at radius 2 is 2.05 bits per heavy atom. The molecule has 1 atom stereocenters. The van der Waals surface area contributed by atoms with Crippen LogP contribution < -0.4 is 5.32 Å². The minimum atomic E-state index is 0.0975. The molecule has 1 saturated carbocycles. The molecule has 0 radical (unpaired) electrons. The first kappa shape index (κ1) is 15.5. The fourth-order valence-corrected chi connectivity index (χ4v) is 3.73. The second-order valence-electron chi connectivity index (χ2n) is 6.91. The van der Waals surface area contributed by atoms with Crippen molar-refractivity contribution in [3.63, 3.8) is 0 Å². The molecule has 1 aromatic carbocycles. The first-order valence-corrected chi connectivity index (χ1v) is 8.82. The smallest absolute Gasteiger partial charge is 0.237 e. The number of carbonyl (C=O) groups is 1. The van der Waals surface area contributed by atoms with Gasteiger partial charge < -0.3 is 5.32 Å². The van der Waals surface area contributed by atoms with E-state index < -0.39 is 0 Å². The van der Waals surface area contributed by atoms with Crippen LogP contribution in [0.15, 0.2) is 30.3 Å². The van der Waals surface area contributed by atoms with Crippen molar-refractivity contribution in [1.82, 2.24) is 10.2 Å². The third kappa shape index (κ3) is 3.35. The van der Waals surface area contributed by atoms with E-state index in [9.17, 15) is 4.79 Å². The zero-order chi connectivity index (χ0) is 15.4. The Bertz CT molecular complexity index is 493. The number of rotatable bonds is 6. The van der Waals surface area contributed by atoms with Gasteiger partial charge in [-0.25, -0.2) is 0 Å². The largest absolute Gasteiger partial charge is 0.354 e. The average Bonchev–Trinajstić information content (AvgIpc) is 3.36. The van der Waals surface area contributed by atoms with Crippen LogP contribution in [0.2, 0.25) is 0 Å². The van der Waals surface area contributed by atoms with Crippen LogP contribution in [0.1, 0.15) is 51.0 Å². The second kappa shape index (κ2) is 6.82. The van der Waals surface area contributed by atoms with E-state index in [0.717, 1.165) is 32.5 Å². The van der Waals surface area contributed by atoms with Gasteiger partial charge in [-0.15, -0.1) is 0 Å². The molecule has 0 spiro atoms. The molecule has 1 aliphatic carbocycles. The number of piperidine rings is 1. The van der Waals surface area contributed by atoms with E-state index in [0.29, 0.717) is 0 Å². The Kier molecular flexibility index (Phi) is 4.82. The van der Waals surface area contributed by atoms with Gasteiger partial charge in [-0.05, 0) is 50.8 Å². The molecule has 1 aliphatic heterocycles. The summed E-state index contributed by atoms with van der Waals surface area (Å²) in [6, 6.07) is 10.7. The fourth-order valence-electron chi connectivity index (χ4n) is 3.73. The second-order valence-corrected chi connectivity index (χ2v) is 6.91. The molecule has 120 valence electrons. The van der Waals surface area contributed by atoms with E-state index in [2.05, 4.69) is 47.5 Å². The zero-order valence-corrected chi connectivity index (χ0v) is 13.7. The standard InChI is InChI=1S/C19H28N2O/c1-2-13-21-14-7-6-10-17(21)18(22)20-15-19(11-12-19)16-8-4-3-5-9-16/h3-5,8-9,17H,2,6-7,10-15H2,1H3,(H,20,22). The van der Waals surface area contributed by atoms with Gasteiger partial charge in [0.25, 0.3) is 0 Å². The van der Waals surface area contributed by atoms with E-state index in [-0.39, 0.29) is 17.4 Å². The Morgan fingerprint density at radius 3 is 2.73 bits per heavy atom. The minimum Gasteiger partial charge on any atom is -0.354 e. The quantitative estimate of drug-likeness (QED) is 0.875. The number of amides is 1. The molecule has 1 amide bonds. The molecule has 0 aromatic heterocycles. The predicted molar refractivity (Wildman–Crippen MR) is 89.9 cm³/mol. The van der Waals surface area contributed by atoms with Crippen molar-refractivity contribution in [2.75, 3.05) is 19.6 Å². The monoisotopic (exact) mass is 300 g/mol. The average molecular weight is 300 g/mol. The maximum Gasteiger partial charge on any atom is 0.237 e. The highest BCUT2D eigenvalue weighted by molar-refractivity contribution is 5.82. The van der Waals surface area contributed by atoms with Gasteiger partial charge in [-0.1, -0.05) is 43.7 Å². The molecule has 22 heavy (non-hydrogen) atoms. The van der Waals surface area contributed by atoms with Crippen LogP contribution in [0, 0.1) is 0 Å². The number of nitrogens with one attached hydrogen (secondary N) is 1. The number of nitrogens with zero attached hydrogens (tertiary/aromatic N) is 1. The Balaban J connectivity index is 1.58. The lowest BCUT2D eigenvalue weighted by atomic mass is 9.95. The lowest BCUT2D eigenvalue weighted by Gasteiger charge is -2.34. The van der Waals surface area contributed by atoms with Crippen LogP contribution in [0.3, 0.4) is 0 Å². The molecule has 3 nitrogen and oxygen atoms in total. The lowest BCUT2D eigenvalue weighted by molar-refractivity contribution is -0.127. The van der Waals surface area contributed by atoms with E-state index in [4.69, 9.17) is 0 Å². The molecule has 1 heterocycles. The van der Waals surface area contributed by atoms with Gasteiger partial charge in [0.2, 0.25) is 5.91 Å². The van der Waals surface area contributed by atoms with Crippen molar-refractivity contribution in [1.29, 1.82) is 0 Å². The number of carbonyl (C=O) groups excluding carboxylic acids is 1. The summed E-state index contributed by atoms with van der Waals surface area (Å²) in [6.45, 7) is 5.11. The first-order valence-electron chi connectivity index (χ1n) is 8.82. The minimum absolute atomic E-state index is 0.0975. The Labute approximate surface area is 134 Å². The summed E-state index contributed by atoms with van der Waals surface area (Å²) in [6.07, 6.45) is 6.95. The van der Waals surface area contributed by atoms with Crippen molar-refractivity contribution in [3.05, 3.63) is 35.9 Å². The molecule has 3 heteroatoms. The molecule has 2 aliphatic rings. The van der Waals surface area contributed by atoms with E-state index in [1.165, 1.54) is 31.2 Å². The maximum absolute atomic E-state index is 12.6. The van der Waals surface area contributed by atoms with Gasteiger partial charge in [-0.3, -0.25) is 9.69 Å². The van der Waals surface area contributed by atoms with Crippen LogP contribution in [-0.4, -0.2) is 36.5 Å². The van der Waals surface area contributed by atoms with Crippen LogP contribution in [-0.2, 0) is 10.2 Å². The molecule has 0 bridgehead atoms. The topological polar surface area (TPSA) is 32.3 Å². The highest BCUT2D eigenvalue weighted by atomic mass is 16.2. The van der Waals surface area contributed by atoms with Crippen LogP contribution in [0.4, 0.5) is 0 Å². The summed E-state index contributed by atoms with van der Waals surface area (Å²) in [5, 5.41) is 3.26. The summed E-state index contributed by atoms with van der Waals surface area (Å²) in [7, 11) is 0. The van der Waals surface area contributed by atoms with E-state index in [1.54, 1.807) is 0 Å². The lowest BCUT2D eigenvalue weighted by Crippen LogP contribution is -2.50. The van der Waals surface area contributed by atoms with Gasteiger partial charge in [0.1, 0.15) is 0 Å². The van der Waals surface area contributed by atoms with Gasteiger partial charge in [-0.2, -0.15) is 0 Å². The third-order valence-corrected chi connectivity index (χ3v) is 5.27. The van der Waals surface area contributed by atoms with Gasteiger partial charge in [0.15, 0.2) is 0 Å². The van der Waals surface area contributed by atoms with Crippen molar-refractivity contribution in [2.45, 2.75) is 56.9 Å². The molecular weight excluding hydrogens is 272 g/mol. The van der Waals surface area contributed by atoms with E-state index >= 15 is 0 Å². The maximum atomic E-state index is 12.6. The SMILES string of the molecule is CCCN1CCCCC1C(=O)NCC1(c2ccccc2)CC1. The Morgan fingerprint density at radius 1 is 1.27 bits per heavy atom. The van der Waals surface area contributed by atoms with Crippen molar-refractivity contribution in [2.24, 2.45) is 0 Å². The van der Waals surface area contributed by atoms with Gasteiger partial charge >= 0.3 is 0 Å². The number of hydrogen-bond acceptors (Lipinski definition) is 2. The Hall–Kier alpha value is -1.35. The summed E-state index contributed by atoms with van der Waals surface area (Å²) in [4.78, 5) is 15.0. The zero-order valence-electron chi connectivity index (χ0n) is 13.7. The third-order valence-electron chi connectivity index (χ3n) is 5.27. The molecule has 1 N–H and O–H groups in total. The van der Waals surface area contributed by atoms with E-state index in [1.807, 2.05) is 0 Å². The van der Waals surface area contributed by atoms with Crippen molar-refractivity contribution in [3.8, 4) is 0 Å². The summed E-state index contributed by atoms with van der Waals surface area (Å²) >= 11 is 0. The molecule has 1 saturated heterocycles. The summed E-state index contributed by atoms with van der Waals surface area (Å²) in [5.74, 6) is 0.246. The van der Waals surface area contributed by atoms with Gasteiger partial charge in [0.05, 0.1) is 6.04 Å². The van der Waals surface area contributed by atoms with Crippen molar-refractivity contribution >= 4 is 5.91 Å². The van der Waals surface area contributed by atoms with Crippen LogP contribution in [0.5, 0.6) is 0 Å². The van der Waals surface area contributed by atoms with Crippen molar-refractivity contribution < 1.29 is 4.79 Å². The summed E-state index contributed by atoms with van der Waals surface area (Å²) < 4.78 is 0. The van der Waals surface area contributed by atoms with Gasteiger partial charge in [0, 0.05) is 12.0 Å². The van der Waals surface area contributed by atoms with Crippen LogP contribution in [0.25, 0.3) is 0 Å². The highest BCUT2D eigenvalue weighted by Gasteiger charge is 2.44. The number of hydrogen-bond donors (Lipinski definition) is 1. The molecular formula is C19H28N2O. The normalized spacial score (nSPS) is 24.0. The molecule has 1 unspecified atom stereocenters. The predicted octanol–water partition coefficient (Wildman–Crippen LogP) is 3.10.